The summed E-state index contributed by atoms with van der Waals surface area (Å²) in [6.45, 7) is 1.71. The van der Waals surface area contributed by atoms with Crippen LogP contribution >= 0.6 is 0 Å². The van der Waals surface area contributed by atoms with Crippen molar-refractivity contribution in [3.8, 4) is 0 Å². The fraction of sp³-hybridized carbons (Fsp3) is 0.438. The third-order valence-corrected chi connectivity index (χ3v) is 4.30. The Labute approximate surface area is 139 Å². The van der Waals surface area contributed by atoms with E-state index in [2.05, 4.69) is 16.0 Å². The summed E-state index contributed by atoms with van der Waals surface area (Å²) in [5, 5.41) is 17.6. The number of anilines is 1. The Hall–Kier alpha value is -2.61. The van der Waals surface area contributed by atoms with Crippen LogP contribution in [0.3, 0.4) is 0 Å². The summed E-state index contributed by atoms with van der Waals surface area (Å²) in [5.74, 6) is -0.615. The third kappa shape index (κ3) is 3.18. The molecular weight excluding hydrogens is 312 g/mol. The number of hydrogen-bond donors (Lipinski definition) is 4. The number of carbonyl (C=O) groups excluding carboxylic acids is 3. The second-order valence-electron chi connectivity index (χ2n) is 6.13. The topological polar surface area (TPSA) is 111 Å². The highest BCUT2D eigenvalue weighted by molar-refractivity contribution is 5.98. The van der Waals surface area contributed by atoms with Gasteiger partial charge >= 0.3 is 6.03 Å². The predicted octanol–water partition coefficient (Wildman–Crippen LogP) is -0.343. The Morgan fingerprint density at radius 3 is 2.71 bits per heavy atom. The molecule has 1 aromatic rings. The van der Waals surface area contributed by atoms with E-state index in [1.165, 1.54) is 11.8 Å². The molecule has 2 heterocycles. The SMILES string of the molecule is C[C@H](O)[C@H]1NC(=O)[C@@H]2C[C@H](NC(=O)Nc3ccccc3)CN2C1=O. The summed E-state index contributed by atoms with van der Waals surface area (Å²) in [6, 6.07) is 6.77. The largest absolute Gasteiger partial charge is 0.391 e. The van der Waals surface area contributed by atoms with Gasteiger partial charge in [-0.25, -0.2) is 4.79 Å². The molecule has 0 unspecified atom stereocenters. The number of nitrogens with zero attached hydrogens (tertiary/aromatic N) is 1. The summed E-state index contributed by atoms with van der Waals surface area (Å²) < 4.78 is 0. The molecule has 2 fully saturated rings. The van der Waals surface area contributed by atoms with E-state index in [-0.39, 0.29) is 30.4 Å². The van der Waals surface area contributed by atoms with Gasteiger partial charge in [0, 0.05) is 12.2 Å². The number of fused-ring (bicyclic) bond motifs is 1. The molecule has 2 saturated heterocycles. The van der Waals surface area contributed by atoms with Gasteiger partial charge in [-0.3, -0.25) is 9.59 Å². The molecule has 4 amide bonds. The number of amides is 4. The molecule has 4 N–H and O–H groups in total. The minimum absolute atomic E-state index is 0.252. The van der Waals surface area contributed by atoms with Crippen molar-refractivity contribution >= 4 is 23.5 Å². The van der Waals surface area contributed by atoms with Gasteiger partial charge in [-0.15, -0.1) is 0 Å². The normalized spacial score (nSPS) is 27.2. The van der Waals surface area contributed by atoms with Gasteiger partial charge in [0.25, 0.3) is 0 Å². The maximum atomic E-state index is 12.3. The van der Waals surface area contributed by atoms with E-state index >= 15 is 0 Å². The Kier molecular flexibility index (Phi) is 4.39. The van der Waals surface area contributed by atoms with Gasteiger partial charge in [0.2, 0.25) is 11.8 Å². The predicted molar refractivity (Wildman–Crippen MR) is 86.1 cm³/mol. The molecule has 2 aliphatic rings. The molecule has 0 radical (unpaired) electrons. The molecule has 0 aromatic heterocycles. The molecule has 0 saturated carbocycles. The van der Waals surface area contributed by atoms with Gasteiger partial charge < -0.3 is 26.0 Å². The fourth-order valence-electron chi connectivity index (χ4n) is 3.12. The van der Waals surface area contributed by atoms with Crippen molar-refractivity contribution in [2.75, 3.05) is 11.9 Å². The zero-order chi connectivity index (χ0) is 17.3. The van der Waals surface area contributed by atoms with Crippen molar-refractivity contribution in [3.63, 3.8) is 0 Å². The molecule has 24 heavy (non-hydrogen) atoms. The van der Waals surface area contributed by atoms with Crippen LogP contribution in [0.2, 0.25) is 0 Å². The summed E-state index contributed by atoms with van der Waals surface area (Å²) in [5.41, 5.74) is 0.661. The van der Waals surface area contributed by atoms with Crippen LogP contribution in [0, 0.1) is 0 Å². The average molecular weight is 332 g/mol. The van der Waals surface area contributed by atoms with Gasteiger partial charge in [-0.2, -0.15) is 0 Å². The quantitative estimate of drug-likeness (QED) is 0.607. The van der Waals surface area contributed by atoms with Crippen molar-refractivity contribution in [2.24, 2.45) is 0 Å². The van der Waals surface area contributed by atoms with Crippen LogP contribution in [0.1, 0.15) is 13.3 Å². The number of para-hydroxylation sites is 1. The van der Waals surface area contributed by atoms with Crippen molar-refractivity contribution in [2.45, 2.75) is 37.6 Å². The highest BCUT2D eigenvalue weighted by Gasteiger charge is 2.47. The Morgan fingerprint density at radius 2 is 2.04 bits per heavy atom. The van der Waals surface area contributed by atoms with Crippen molar-refractivity contribution in [1.82, 2.24) is 15.5 Å². The summed E-state index contributed by atoms with van der Waals surface area (Å²) in [4.78, 5) is 37.9. The van der Waals surface area contributed by atoms with E-state index in [1.54, 1.807) is 12.1 Å². The molecule has 2 aliphatic heterocycles. The van der Waals surface area contributed by atoms with E-state index in [1.807, 2.05) is 18.2 Å². The molecular formula is C16H20N4O4. The van der Waals surface area contributed by atoms with Crippen LogP contribution in [0.5, 0.6) is 0 Å². The minimum atomic E-state index is -0.962. The molecule has 8 nitrogen and oxygen atoms in total. The Bertz CT molecular complexity index is 649. The van der Waals surface area contributed by atoms with E-state index in [0.717, 1.165) is 0 Å². The maximum absolute atomic E-state index is 12.3. The molecule has 0 spiro atoms. The number of carbonyl (C=O) groups is 3. The Balaban J connectivity index is 1.61. The van der Waals surface area contributed by atoms with E-state index in [9.17, 15) is 19.5 Å². The molecule has 0 bridgehead atoms. The van der Waals surface area contributed by atoms with Gasteiger partial charge in [0.05, 0.1) is 12.1 Å². The zero-order valence-corrected chi connectivity index (χ0v) is 13.2. The molecule has 4 atom stereocenters. The lowest BCUT2D eigenvalue weighted by molar-refractivity contribution is -0.149. The standard InChI is InChI=1S/C16H20N4O4/c1-9(21)13-15(23)20-8-11(7-12(20)14(22)19-13)18-16(24)17-10-5-3-2-4-6-10/h2-6,9,11-13,21H,7-8H2,1H3,(H,19,22)(H2,17,18,24)/t9-,11-,12-,13+/m0/s1. The second kappa shape index (κ2) is 6.48. The van der Waals surface area contributed by atoms with Crippen LogP contribution in [0.15, 0.2) is 30.3 Å². The molecule has 3 rings (SSSR count). The first-order valence-corrected chi connectivity index (χ1v) is 7.87. The van der Waals surface area contributed by atoms with Gasteiger partial charge in [0.15, 0.2) is 0 Å². The highest BCUT2D eigenvalue weighted by Crippen LogP contribution is 2.23. The first kappa shape index (κ1) is 16.3. The Morgan fingerprint density at radius 1 is 1.33 bits per heavy atom. The highest BCUT2D eigenvalue weighted by atomic mass is 16.3. The first-order valence-electron chi connectivity index (χ1n) is 7.87. The number of nitrogens with one attached hydrogen (secondary N) is 3. The van der Waals surface area contributed by atoms with E-state index < -0.39 is 18.2 Å². The summed E-state index contributed by atoms with van der Waals surface area (Å²) >= 11 is 0. The van der Waals surface area contributed by atoms with Crippen molar-refractivity contribution < 1.29 is 19.5 Å². The zero-order valence-electron chi connectivity index (χ0n) is 13.2. The number of aliphatic hydroxyl groups excluding tert-OH is 1. The number of rotatable bonds is 3. The average Bonchev–Trinajstić information content (AvgIpc) is 2.96. The molecule has 1 aromatic carbocycles. The smallest absolute Gasteiger partial charge is 0.319 e. The fourth-order valence-corrected chi connectivity index (χ4v) is 3.12. The minimum Gasteiger partial charge on any atom is -0.391 e. The summed E-state index contributed by atoms with van der Waals surface area (Å²) in [7, 11) is 0. The molecule has 8 heteroatoms. The maximum Gasteiger partial charge on any atom is 0.319 e. The molecule has 0 aliphatic carbocycles. The molecule has 128 valence electrons. The lowest BCUT2D eigenvalue weighted by atomic mass is 10.0. The lowest BCUT2D eigenvalue weighted by Gasteiger charge is -2.35. The van der Waals surface area contributed by atoms with Crippen LogP contribution in [-0.2, 0) is 9.59 Å². The van der Waals surface area contributed by atoms with E-state index in [0.29, 0.717) is 12.1 Å². The van der Waals surface area contributed by atoms with Crippen LogP contribution in [-0.4, -0.2) is 58.6 Å². The number of benzene rings is 1. The number of urea groups is 1. The number of aliphatic hydroxyl groups is 1. The van der Waals surface area contributed by atoms with Crippen LogP contribution in [0.4, 0.5) is 10.5 Å². The first-order chi connectivity index (χ1) is 11.5. The second-order valence-corrected chi connectivity index (χ2v) is 6.13. The number of hydrogen-bond acceptors (Lipinski definition) is 4. The monoisotopic (exact) mass is 332 g/mol. The van der Waals surface area contributed by atoms with Gasteiger partial charge in [-0.05, 0) is 25.5 Å². The third-order valence-electron chi connectivity index (χ3n) is 4.30. The van der Waals surface area contributed by atoms with Crippen LogP contribution in [0.25, 0.3) is 0 Å². The number of piperazine rings is 1. The van der Waals surface area contributed by atoms with Gasteiger partial charge in [0.1, 0.15) is 12.1 Å². The van der Waals surface area contributed by atoms with Crippen molar-refractivity contribution in [3.05, 3.63) is 30.3 Å². The van der Waals surface area contributed by atoms with Crippen LogP contribution < -0.4 is 16.0 Å². The van der Waals surface area contributed by atoms with E-state index in [4.69, 9.17) is 0 Å². The summed E-state index contributed by atoms with van der Waals surface area (Å²) in [6.07, 6.45) is -0.609. The van der Waals surface area contributed by atoms with Crippen molar-refractivity contribution in [1.29, 1.82) is 0 Å². The lowest BCUT2D eigenvalue weighted by Crippen LogP contribution is -2.64. The van der Waals surface area contributed by atoms with Gasteiger partial charge in [-0.1, -0.05) is 18.2 Å².